The van der Waals surface area contributed by atoms with E-state index in [1.54, 1.807) is 31.2 Å². The van der Waals surface area contributed by atoms with Crippen molar-refractivity contribution in [1.29, 1.82) is 0 Å². The predicted molar refractivity (Wildman–Crippen MR) is 104 cm³/mol. The number of hydrogen-bond acceptors (Lipinski definition) is 4. The van der Waals surface area contributed by atoms with Crippen molar-refractivity contribution in [2.24, 2.45) is 0 Å². The average molecular weight is 406 g/mol. The number of hydrogen-bond donors (Lipinski definition) is 1. The van der Waals surface area contributed by atoms with Crippen molar-refractivity contribution >= 4 is 29.1 Å². The fourth-order valence-electron chi connectivity index (χ4n) is 2.68. The minimum atomic E-state index is -0.908. The number of nitrogens with zero attached hydrogens (tertiary/aromatic N) is 1. The van der Waals surface area contributed by atoms with Crippen LogP contribution in [-0.2, 0) is 17.8 Å². The molecule has 0 amide bonds. The normalized spacial score (nSPS) is 10.8. The molecule has 0 bridgehead atoms. The summed E-state index contributed by atoms with van der Waals surface area (Å²) in [6, 6.07) is 10.6. The van der Waals surface area contributed by atoms with Gasteiger partial charge in [-0.1, -0.05) is 29.8 Å². The molecule has 0 aliphatic rings. The van der Waals surface area contributed by atoms with E-state index in [4.69, 9.17) is 21.4 Å². The summed E-state index contributed by atoms with van der Waals surface area (Å²) in [4.78, 5) is 10.7. The largest absolute Gasteiger partial charge is 0.486 e. The molecule has 0 atom stereocenters. The van der Waals surface area contributed by atoms with Crippen LogP contribution in [0.1, 0.15) is 23.1 Å². The van der Waals surface area contributed by atoms with E-state index in [1.807, 2.05) is 17.5 Å². The molecule has 1 aromatic heterocycles. The Morgan fingerprint density at radius 2 is 1.96 bits per heavy atom. The summed E-state index contributed by atoms with van der Waals surface area (Å²) in [5, 5.41) is 11.3. The lowest BCUT2D eigenvalue weighted by Gasteiger charge is -2.12. The minimum absolute atomic E-state index is 0.0362. The molecule has 0 fully saturated rings. The molecule has 2 aromatic carbocycles. The molecule has 1 heterocycles. The van der Waals surface area contributed by atoms with Crippen molar-refractivity contribution in [2.75, 3.05) is 0 Å². The number of benzene rings is 2. The molecule has 0 spiro atoms. The van der Waals surface area contributed by atoms with E-state index < -0.39 is 11.8 Å². The summed E-state index contributed by atoms with van der Waals surface area (Å²) in [5.74, 6) is -1.23. The van der Waals surface area contributed by atoms with Crippen LogP contribution in [0.2, 0.25) is 5.02 Å². The fourth-order valence-corrected chi connectivity index (χ4v) is 3.50. The van der Waals surface area contributed by atoms with Gasteiger partial charge in [0.1, 0.15) is 6.61 Å². The lowest BCUT2D eigenvalue weighted by atomic mass is 10.0. The van der Waals surface area contributed by atoms with Crippen LogP contribution < -0.4 is 4.74 Å². The summed E-state index contributed by atoms with van der Waals surface area (Å²) in [7, 11) is 0. The molecule has 0 saturated heterocycles. The van der Waals surface area contributed by atoms with E-state index in [2.05, 4.69) is 4.37 Å². The number of carboxylic acids is 1. The first-order valence-electron chi connectivity index (χ1n) is 8.27. The maximum absolute atomic E-state index is 14.6. The number of rotatable bonds is 7. The van der Waals surface area contributed by atoms with Crippen LogP contribution in [-0.4, -0.2) is 15.4 Å². The van der Waals surface area contributed by atoms with Crippen LogP contribution in [0.3, 0.4) is 0 Å². The number of aryl methyl sites for hydroxylation is 1. The van der Waals surface area contributed by atoms with Crippen molar-refractivity contribution in [2.45, 2.75) is 26.4 Å². The second kappa shape index (κ2) is 8.50. The number of aliphatic carboxylic acids is 1. The molecule has 140 valence electrons. The van der Waals surface area contributed by atoms with Crippen LogP contribution in [0.4, 0.5) is 4.39 Å². The third kappa shape index (κ3) is 4.64. The Kier molecular flexibility index (Phi) is 6.08. The summed E-state index contributed by atoms with van der Waals surface area (Å²) in [5.41, 5.74) is 3.64. The molecular formula is C20H17ClFNO3S. The molecule has 1 N–H and O–H groups in total. The molecule has 0 saturated carbocycles. The molecule has 0 unspecified atom stereocenters. The summed E-state index contributed by atoms with van der Waals surface area (Å²) < 4.78 is 24.7. The highest BCUT2D eigenvalue weighted by Gasteiger charge is 2.14. The van der Waals surface area contributed by atoms with Crippen LogP contribution in [0.5, 0.6) is 5.75 Å². The quantitative estimate of drug-likeness (QED) is 0.563. The fraction of sp³-hybridized carbons (Fsp3) is 0.200. The Morgan fingerprint density at radius 3 is 2.67 bits per heavy atom. The Hall–Kier alpha value is -2.44. The zero-order valence-corrected chi connectivity index (χ0v) is 16.1. The molecule has 0 aliphatic heterocycles. The van der Waals surface area contributed by atoms with Gasteiger partial charge in [-0.3, -0.25) is 4.79 Å². The van der Waals surface area contributed by atoms with Crippen molar-refractivity contribution in [3.63, 3.8) is 0 Å². The maximum atomic E-state index is 14.6. The summed E-state index contributed by atoms with van der Waals surface area (Å²) >= 11 is 7.23. The van der Waals surface area contributed by atoms with Crippen molar-refractivity contribution in [3.05, 3.63) is 69.3 Å². The van der Waals surface area contributed by atoms with Crippen molar-refractivity contribution in [1.82, 2.24) is 4.37 Å². The topological polar surface area (TPSA) is 59.4 Å². The lowest BCUT2D eigenvalue weighted by molar-refractivity contribution is -0.136. The van der Waals surface area contributed by atoms with Gasteiger partial charge >= 0.3 is 5.97 Å². The Labute approximate surface area is 165 Å². The second-order valence-electron chi connectivity index (χ2n) is 6.04. The Balaban J connectivity index is 1.74. The Bertz CT molecular complexity index is 956. The first kappa shape index (κ1) is 19.3. The van der Waals surface area contributed by atoms with Gasteiger partial charge in [0.15, 0.2) is 11.6 Å². The highest BCUT2D eigenvalue weighted by molar-refractivity contribution is 7.04. The maximum Gasteiger partial charge on any atom is 0.303 e. The van der Waals surface area contributed by atoms with Crippen LogP contribution in [0.15, 0.2) is 41.8 Å². The molecule has 0 radical (unpaired) electrons. The van der Waals surface area contributed by atoms with E-state index in [1.165, 1.54) is 11.5 Å². The smallest absolute Gasteiger partial charge is 0.303 e. The molecule has 4 nitrogen and oxygen atoms in total. The highest BCUT2D eigenvalue weighted by Crippen LogP contribution is 2.29. The van der Waals surface area contributed by atoms with E-state index in [0.29, 0.717) is 16.1 Å². The van der Waals surface area contributed by atoms with Crippen molar-refractivity contribution in [3.8, 4) is 17.0 Å². The van der Waals surface area contributed by atoms with Gasteiger partial charge in [-0.05, 0) is 54.2 Å². The van der Waals surface area contributed by atoms with Gasteiger partial charge in [0, 0.05) is 28.0 Å². The molecule has 3 rings (SSSR count). The lowest BCUT2D eigenvalue weighted by Crippen LogP contribution is -2.03. The van der Waals surface area contributed by atoms with E-state index in [0.717, 1.165) is 16.8 Å². The van der Waals surface area contributed by atoms with Crippen LogP contribution in [0, 0.1) is 12.7 Å². The molecule has 7 heteroatoms. The molecule has 0 aliphatic carbocycles. The number of halogens is 2. The van der Waals surface area contributed by atoms with Gasteiger partial charge in [0.05, 0.1) is 5.69 Å². The van der Waals surface area contributed by atoms with Gasteiger partial charge in [-0.25, -0.2) is 4.39 Å². The summed E-state index contributed by atoms with van der Waals surface area (Å²) in [6.45, 7) is 1.81. The average Bonchev–Trinajstić information content (AvgIpc) is 3.11. The number of carbonyl (C=O) groups is 1. The Morgan fingerprint density at radius 1 is 1.22 bits per heavy atom. The second-order valence-corrected chi connectivity index (χ2v) is 7.11. The predicted octanol–water partition coefficient (Wildman–Crippen LogP) is 5.51. The monoisotopic (exact) mass is 405 g/mol. The van der Waals surface area contributed by atoms with E-state index >= 15 is 0 Å². The molecular weight excluding hydrogens is 389 g/mol. The van der Waals surface area contributed by atoms with Gasteiger partial charge in [-0.2, -0.15) is 4.37 Å². The third-order valence-electron chi connectivity index (χ3n) is 4.22. The zero-order valence-electron chi connectivity index (χ0n) is 14.5. The van der Waals surface area contributed by atoms with Crippen LogP contribution >= 0.6 is 23.1 Å². The van der Waals surface area contributed by atoms with Gasteiger partial charge < -0.3 is 9.84 Å². The standard InChI is InChI=1S/C20H17ClFNO3S/c1-12-13(5-9-18(24)25)4-8-17(19(12)22)26-10-15-11-27-23-20(15)14-2-6-16(21)7-3-14/h2-4,6-8,11H,5,9-10H2,1H3,(H,24,25). The van der Waals surface area contributed by atoms with E-state index in [9.17, 15) is 9.18 Å². The first-order valence-corrected chi connectivity index (χ1v) is 9.49. The highest BCUT2D eigenvalue weighted by atomic mass is 35.5. The van der Waals surface area contributed by atoms with Crippen molar-refractivity contribution < 1.29 is 19.0 Å². The molecule has 27 heavy (non-hydrogen) atoms. The van der Waals surface area contributed by atoms with Crippen LogP contribution in [0.25, 0.3) is 11.3 Å². The molecule has 3 aromatic rings. The number of aromatic nitrogens is 1. The summed E-state index contributed by atoms with van der Waals surface area (Å²) in [6.07, 6.45) is 0.249. The minimum Gasteiger partial charge on any atom is -0.486 e. The number of carboxylic acid groups (broad SMARTS) is 1. The third-order valence-corrected chi connectivity index (χ3v) is 5.15. The SMILES string of the molecule is Cc1c(CCC(=O)O)ccc(OCc2csnc2-c2ccc(Cl)cc2)c1F. The zero-order chi connectivity index (χ0) is 19.4. The first-order chi connectivity index (χ1) is 13.0. The van der Waals surface area contributed by atoms with Gasteiger partial charge in [-0.15, -0.1) is 0 Å². The van der Waals surface area contributed by atoms with Gasteiger partial charge in [0.25, 0.3) is 0 Å². The van der Waals surface area contributed by atoms with E-state index in [-0.39, 0.29) is 25.2 Å². The van der Waals surface area contributed by atoms with Gasteiger partial charge in [0.2, 0.25) is 0 Å². The number of ether oxygens (including phenoxy) is 1.